The second-order valence-corrected chi connectivity index (χ2v) is 3.58. The van der Waals surface area contributed by atoms with Gasteiger partial charge in [-0.2, -0.15) is 0 Å². The summed E-state index contributed by atoms with van der Waals surface area (Å²) in [5.74, 6) is -0.611. The quantitative estimate of drug-likeness (QED) is 0.711. The molecule has 0 saturated carbocycles. The number of ketones is 1. The fraction of sp³-hybridized carbons (Fsp3) is 0.333. The Balaban J connectivity index is 2.74. The molecule has 15 heavy (non-hydrogen) atoms. The van der Waals surface area contributed by atoms with Gasteiger partial charge in [-0.25, -0.2) is 4.79 Å². The highest BCUT2D eigenvalue weighted by atomic mass is 16.5. The maximum atomic E-state index is 11.4. The van der Waals surface area contributed by atoms with E-state index in [1.54, 1.807) is 12.1 Å². The average molecular weight is 206 g/mol. The van der Waals surface area contributed by atoms with E-state index in [2.05, 4.69) is 0 Å². The number of carbonyl (C=O) groups excluding carboxylic acids is 2. The first-order chi connectivity index (χ1) is 7.00. The predicted octanol–water partition coefficient (Wildman–Crippen LogP) is 2.05. The van der Waals surface area contributed by atoms with Crippen molar-refractivity contribution in [1.29, 1.82) is 0 Å². The molecular formula is C12H14O3. The van der Waals surface area contributed by atoms with Crippen LogP contribution in [0.25, 0.3) is 0 Å². The number of hydrogen-bond acceptors (Lipinski definition) is 3. The Kier molecular flexibility index (Phi) is 3.61. The zero-order valence-corrected chi connectivity index (χ0v) is 9.16. The number of aryl methyl sites for hydroxylation is 2. The number of esters is 1. The van der Waals surface area contributed by atoms with Crippen LogP contribution in [0, 0.1) is 13.8 Å². The number of rotatable bonds is 3. The first-order valence-corrected chi connectivity index (χ1v) is 4.74. The lowest BCUT2D eigenvalue weighted by molar-refractivity contribution is -0.120. The smallest absolute Gasteiger partial charge is 0.338 e. The summed E-state index contributed by atoms with van der Waals surface area (Å²) in [4.78, 5) is 22.1. The van der Waals surface area contributed by atoms with Crippen molar-refractivity contribution in [2.45, 2.75) is 20.8 Å². The molecule has 1 aromatic carbocycles. The van der Waals surface area contributed by atoms with Crippen molar-refractivity contribution in [3.8, 4) is 0 Å². The highest BCUT2D eigenvalue weighted by Gasteiger charge is 2.08. The van der Waals surface area contributed by atoms with E-state index in [0.717, 1.165) is 11.1 Å². The molecule has 1 aromatic rings. The van der Waals surface area contributed by atoms with Crippen LogP contribution >= 0.6 is 0 Å². The van der Waals surface area contributed by atoms with E-state index in [4.69, 9.17) is 4.74 Å². The van der Waals surface area contributed by atoms with Gasteiger partial charge in [0.2, 0.25) is 0 Å². The standard InChI is InChI=1S/C12H14O3/c1-8-4-5-11(6-9(8)2)12(14)15-7-10(3)13/h4-6H,7H2,1-3H3. The second kappa shape index (κ2) is 4.73. The van der Waals surface area contributed by atoms with Crippen molar-refractivity contribution in [2.24, 2.45) is 0 Å². The molecule has 0 N–H and O–H groups in total. The van der Waals surface area contributed by atoms with Crippen molar-refractivity contribution in [3.63, 3.8) is 0 Å². The van der Waals surface area contributed by atoms with Gasteiger partial charge in [-0.3, -0.25) is 4.79 Å². The number of Topliss-reactive ketones (excluding diaryl/α,β-unsaturated/α-hetero) is 1. The van der Waals surface area contributed by atoms with Gasteiger partial charge in [-0.1, -0.05) is 6.07 Å². The molecule has 0 saturated heterocycles. The molecule has 0 aliphatic heterocycles. The Morgan fingerprint density at radius 3 is 2.40 bits per heavy atom. The van der Waals surface area contributed by atoms with Gasteiger partial charge in [0, 0.05) is 0 Å². The zero-order chi connectivity index (χ0) is 11.4. The summed E-state index contributed by atoms with van der Waals surface area (Å²) in [6.45, 7) is 5.12. The normalized spacial score (nSPS) is 9.80. The number of carbonyl (C=O) groups is 2. The van der Waals surface area contributed by atoms with Gasteiger partial charge in [0.25, 0.3) is 0 Å². The fourth-order valence-electron chi connectivity index (χ4n) is 1.12. The van der Waals surface area contributed by atoms with Crippen LogP contribution in [0.4, 0.5) is 0 Å². The lowest BCUT2D eigenvalue weighted by atomic mass is 10.1. The summed E-state index contributed by atoms with van der Waals surface area (Å²) < 4.78 is 4.80. The van der Waals surface area contributed by atoms with Gasteiger partial charge < -0.3 is 4.74 Å². The van der Waals surface area contributed by atoms with Gasteiger partial charge in [-0.15, -0.1) is 0 Å². The predicted molar refractivity (Wildman–Crippen MR) is 56.9 cm³/mol. The van der Waals surface area contributed by atoms with Crippen LogP contribution in [0.3, 0.4) is 0 Å². The van der Waals surface area contributed by atoms with Crippen molar-refractivity contribution in [1.82, 2.24) is 0 Å². The Morgan fingerprint density at radius 1 is 1.20 bits per heavy atom. The molecule has 3 nitrogen and oxygen atoms in total. The van der Waals surface area contributed by atoms with Crippen LogP contribution < -0.4 is 0 Å². The molecule has 0 aliphatic rings. The van der Waals surface area contributed by atoms with Crippen LogP contribution in [-0.2, 0) is 9.53 Å². The Hall–Kier alpha value is -1.64. The van der Waals surface area contributed by atoms with Gasteiger partial charge >= 0.3 is 5.97 Å². The lowest BCUT2D eigenvalue weighted by Crippen LogP contribution is -2.11. The first-order valence-electron chi connectivity index (χ1n) is 4.74. The maximum absolute atomic E-state index is 11.4. The van der Waals surface area contributed by atoms with E-state index in [1.807, 2.05) is 19.9 Å². The summed E-state index contributed by atoms with van der Waals surface area (Å²) in [5.41, 5.74) is 2.64. The molecule has 0 fully saturated rings. The molecule has 0 radical (unpaired) electrons. The third-order valence-corrected chi connectivity index (χ3v) is 2.15. The minimum absolute atomic E-state index is 0.160. The number of hydrogen-bond donors (Lipinski definition) is 0. The van der Waals surface area contributed by atoms with Gasteiger partial charge in [-0.05, 0) is 44.0 Å². The summed E-state index contributed by atoms with van der Waals surface area (Å²) in [6, 6.07) is 5.32. The molecular weight excluding hydrogens is 192 g/mol. The summed E-state index contributed by atoms with van der Waals surface area (Å²) in [6.07, 6.45) is 0. The van der Waals surface area contributed by atoms with Crippen LogP contribution in [0.1, 0.15) is 28.4 Å². The largest absolute Gasteiger partial charge is 0.454 e. The maximum Gasteiger partial charge on any atom is 0.338 e. The Morgan fingerprint density at radius 2 is 1.87 bits per heavy atom. The molecule has 0 bridgehead atoms. The molecule has 80 valence electrons. The SMILES string of the molecule is CC(=O)COC(=O)c1ccc(C)c(C)c1. The molecule has 3 heteroatoms. The number of benzene rings is 1. The molecule has 0 aliphatic carbocycles. The van der Waals surface area contributed by atoms with E-state index >= 15 is 0 Å². The second-order valence-electron chi connectivity index (χ2n) is 3.58. The van der Waals surface area contributed by atoms with Crippen molar-refractivity contribution in [3.05, 3.63) is 34.9 Å². The van der Waals surface area contributed by atoms with Crippen LogP contribution in [0.15, 0.2) is 18.2 Å². The highest BCUT2D eigenvalue weighted by molar-refractivity contribution is 5.91. The van der Waals surface area contributed by atoms with Crippen LogP contribution in [0.2, 0.25) is 0 Å². The van der Waals surface area contributed by atoms with E-state index in [9.17, 15) is 9.59 Å². The van der Waals surface area contributed by atoms with Crippen molar-refractivity contribution in [2.75, 3.05) is 6.61 Å². The molecule has 1 rings (SSSR count). The summed E-state index contributed by atoms with van der Waals surface area (Å²) >= 11 is 0. The first kappa shape index (κ1) is 11.4. The summed E-state index contributed by atoms with van der Waals surface area (Å²) in [5, 5.41) is 0. The van der Waals surface area contributed by atoms with E-state index < -0.39 is 5.97 Å². The van der Waals surface area contributed by atoms with Gasteiger partial charge in [0.15, 0.2) is 5.78 Å². The van der Waals surface area contributed by atoms with Gasteiger partial charge in [0.05, 0.1) is 5.56 Å². The lowest BCUT2D eigenvalue weighted by Gasteiger charge is -2.04. The minimum Gasteiger partial charge on any atom is -0.454 e. The molecule has 0 amide bonds. The van der Waals surface area contributed by atoms with E-state index in [-0.39, 0.29) is 12.4 Å². The third-order valence-electron chi connectivity index (χ3n) is 2.15. The fourth-order valence-corrected chi connectivity index (χ4v) is 1.12. The highest BCUT2D eigenvalue weighted by Crippen LogP contribution is 2.10. The van der Waals surface area contributed by atoms with E-state index in [1.165, 1.54) is 6.92 Å². The number of ether oxygens (including phenoxy) is 1. The van der Waals surface area contributed by atoms with Crippen LogP contribution in [-0.4, -0.2) is 18.4 Å². The molecule has 0 heterocycles. The Labute approximate surface area is 89.1 Å². The molecule has 0 spiro atoms. The minimum atomic E-state index is -0.451. The molecule has 0 atom stereocenters. The zero-order valence-electron chi connectivity index (χ0n) is 9.16. The van der Waals surface area contributed by atoms with Gasteiger partial charge in [0.1, 0.15) is 6.61 Å². The van der Waals surface area contributed by atoms with Crippen molar-refractivity contribution < 1.29 is 14.3 Å². The van der Waals surface area contributed by atoms with Crippen LogP contribution in [0.5, 0.6) is 0 Å². The van der Waals surface area contributed by atoms with Crippen molar-refractivity contribution >= 4 is 11.8 Å². The molecule has 0 aromatic heterocycles. The topological polar surface area (TPSA) is 43.4 Å². The average Bonchev–Trinajstić information content (AvgIpc) is 2.18. The third kappa shape index (κ3) is 3.20. The Bertz CT molecular complexity index is 394. The summed E-state index contributed by atoms with van der Waals surface area (Å²) in [7, 11) is 0. The monoisotopic (exact) mass is 206 g/mol. The molecule has 0 unspecified atom stereocenters. The van der Waals surface area contributed by atoms with E-state index in [0.29, 0.717) is 5.56 Å².